The van der Waals surface area contributed by atoms with E-state index in [1.807, 2.05) is 13.0 Å². The van der Waals surface area contributed by atoms with Crippen LogP contribution in [0.1, 0.15) is 19.4 Å². The van der Waals surface area contributed by atoms with Crippen LogP contribution < -0.4 is 5.32 Å². The van der Waals surface area contributed by atoms with E-state index in [4.69, 9.17) is 11.6 Å². The van der Waals surface area contributed by atoms with Crippen molar-refractivity contribution in [2.24, 2.45) is 5.16 Å². The normalized spacial score (nSPS) is 9.50. The van der Waals surface area contributed by atoms with Crippen molar-refractivity contribution in [3.8, 4) is 0 Å². The van der Waals surface area contributed by atoms with Crippen LogP contribution in [0.2, 0.25) is 5.02 Å². The summed E-state index contributed by atoms with van der Waals surface area (Å²) in [5.74, 6) is 0. The van der Waals surface area contributed by atoms with Crippen molar-refractivity contribution < 1.29 is 9.63 Å². The van der Waals surface area contributed by atoms with E-state index in [2.05, 4.69) is 15.3 Å². The van der Waals surface area contributed by atoms with Crippen molar-refractivity contribution in [1.82, 2.24) is 0 Å². The fourth-order valence-electron chi connectivity index (χ4n) is 0.994. The first-order chi connectivity index (χ1) is 7.49. The Morgan fingerprint density at radius 2 is 2.12 bits per heavy atom. The number of nitrogens with one attached hydrogen (secondary N) is 1. The van der Waals surface area contributed by atoms with E-state index in [9.17, 15) is 4.79 Å². The third-order valence-electron chi connectivity index (χ3n) is 1.75. The van der Waals surface area contributed by atoms with E-state index in [0.717, 1.165) is 5.56 Å². The number of aryl methyl sites for hydroxylation is 1. The Kier molecular flexibility index (Phi) is 4.31. The van der Waals surface area contributed by atoms with Crippen LogP contribution in [0.3, 0.4) is 0 Å². The molecule has 1 N–H and O–H groups in total. The lowest BCUT2D eigenvalue weighted by Gasteiger charge is -2.06. The molecule has 0 heterocycles. The molecule has 86 valence electrons. The molecule has 1 rings (SSSR count). The second kappa shape index (κ2) is 5.51. The highest BCUT2D eigenvalue weighted by Crippen LogP contribution is 2.20. The van der Waals surface area contributed by atoms with Gasteiger partial charge < -0.3 is 0 Å². The zero-order valence-corrected chi connectivity index (χ0v) is 10.1. The van der Waals surface area contributed by atoms with Crippen LogP contribution >= 0.6 is 11.6 Å². The van der Waals surface area contributed by atoms with E-state index >= 15 is 0 Å². The molecule has 0 aliphatic carbocycles. The summed E-state index contributed by atoms with van der Waals surface area (Å²) >= 11 is 5.81. The Balaban J connectivity index is 2.69. The maximum Gasteiger partial charge on any atom is 0.437 e. The summed E-state index contributed by atoms with van der Waals surface area (Å²) in [7, 11) is 0. The molecule has 0 atom stereocenters. The molecule has 0 bridgehead atoms. The highest BCUT2D eigenvalue weighted by Gasteiger charge is 2.05. The molecule has 4 nitrogen and oxygen atoms in total. The van der Waals surface area contributed by atoms with Crippen molar-refractivity contribution in [2.45, 2.75) is 20.8 Å². The van der Waals surface area contributed by atoms with Crippen LogP contribution in [0, 0.1) is 6.92 Å². The minimum absolute atomic E-state index is 0.552. The van der Waals surface area contributed by atoms with Gasteiger partial charge in [0.1, 0.15) is 0 Å². The fraction of sp³-hybridized carbons (Fsp3) is 0.273. The van der Waals surface area contributed by atoms with Gasteiger partial charge in [0.25, 0.3) is 0 Å². The number of nitrogens with zero attached hydrogens (tertiary/aromatic N) is 1. The molecule has 1 aromatic carbocycles. The number of rotatable bonds is 2. The highest BCUT2D eigenvalue weighted by molar-refractivity contribution is 6.30. The molecule has 0 aromatic heterocycles. The Labute approximate surface area is 99.2 Å². The second-order valence-electron chi connectivity index (χ2n) is 3.50. The zero-order valence-electron chi connectivity index (χ0n) is 9.37. The molecule has 1 aromatic rings. The van der Waals surface area contributed by atoms with Crippen molar-refractivity contribution in [3.63, 3.8) is 0 Å². The molecule has 0 radical (unpaired) electrons. The summed E-state index contributed by atoms with van der Waals surface area (Å²) in [6, 6.07) is 5.22. The SMILES string of the molecule is CC(C)=NOC(=O)Nc1cc(Cl)ccc1C. The minimum atomic E-state index is -0.633. The summed E-state index contributed by atoms with van der Waals surface area (Å²) in [6.07, 6.45) is -0.633. The number of hydrogen-bond donors (Lipinski definition) is 1. The molecule has 0 saturated carbocycles. The summed E-state index contributed by atoms with van der Waals surface area (Å²) in [5.41, 5.74) is 2.18. The van der Waals surface area contributed by atoms with Gasteiger partial charge in [0.15, 0.2) is 0 Å². The predicted octanol–water partition coefficient (Wildman–Crippen LogP) is 3.59. The van der Waals surface area contributed by atoms with Crippen LogP contribution in [-0.2, 0) is 4.84 Å². The average Bonchev–Trinajstić information content (AvgIpc) is 2.20. The molecular weight excluding hydrogens is 228 g/mol. The first kappa shape index (κ1) is 12.5. The molecular formula is C11H13ClN2O2. The standard InChI is InChI=1S/C11H13ClN2O2/c1-7(2)14-16-11(15)13-10-6-9(12)5-4-8(10)3/h4-6H,1-3H3,(H,13,15). The summed E-state index contributed by atoms with van der Waals surface area (Å²) in [6.45, 7) is 5.33. The van der Waals surface area contributed by atoms with Crippen molar-refractivity contribution in [2.75, 3.05) is 5.32 Å². The lowest BCUT2D eigenvalue weighted by Crippen LogP contribution is -2.12. The van der Waals surface area contributed by atoms with Crippen LogP contribution in [0.15, 0.2) is 23.4 Å². The van der Waals surface area contributed by atoms with Gasteiger partial charge in [-0.2, -0.15) is 0 Å². The number of carbonyl (C=O) groups excluding carboxylic acids is 1. The second-order valence-corrected chi connectivity index (χ2v) is 3.94. The molecule has 1 amide bonds. The third-order valence-corrected chi connectivity index (χ3v) is 1.98. The van der Waals surface area contributed by atoms with E-state index in [1.165, 1.54) is 0 Å². The molecule has 16 heavy (non-hydrogen) atoms. The molecule has 0 unspecified atom stereocenters. The zero-order chi connectivity index (χ0) is 12.1. The molecule has 0 aliphatic rings. The molecule has 0 aliphatic heterocycles. The lowest BCUT2D eigenvalue weighted by atomic mass is 10.2. The molecule has 0 spiro atoms. The van der Waals surface area contributed by atoms with Crippen LogP contribution in [-0.4, -0.2) is 11.8 Å². The van der Waals surface area contributed by atoms with Gasteiger partial charge in [-0.1, -0.05) is 22.8 Å². The maximum atomic E-state index is 11.3. The van der Waals surface area contributed by atoms with Gasteiger partial charge in [0.05, 0.1) is 5.71 Å². The van der Waals surface area contributed by atoms with E-state index in [0.29, 0.717) is 16.4 Å². The van der Waals surface area contributed by atoms with Crippen molar-refractivity contribution in [1.29, 1.82) is 0 Å². The molecule has 5 heteroatoms. The number of halogens is 1. The number of oxime groups is 1. The Morgan fingerprint density at radius 1 is 1.44 bits per heavy atom. The van der Waals surface area contributed by atoms with Gasteiger partial charge in [-0.3, -0.25) is 10.2 Å². The first-order valence-corrected chi connectivity index (χ1v) is 5.12. The first-order valence-electron chi connectivity index (χ1n) is 4.74. The number of benzene rings is 1. The van der Waals surface area contributed by atoms with E-state index < -0.39 is 6.09 Å². The summed E-state index contributed by atoms with van der Waals surface area (Å²) in [4.78, 5) is 15.9. The maximum absolute atomic E-state index is 11.3. The van der Waals surface area contributed by atoms with Gasteiger partial charge in [-0.05, 0) is 38.5 Å². The van der Waals surface area contributed by atoms with Gasteiger partial charge in [0.2, 0.25) is 0 Å². The van der Waals surface area contributed by atoms with Gasteiger partial charge in [-0.25, -0.2) is 4.79 Å². The quantitative estimate of drug-likeness (QED) is 0.488. The van der Waals surface area contributed by atoms with Crippen LogP contribution in [0.25, 0.3) is 0 Å². The number of carbonyl (C=O) groups is 1. The van der Waals surface area contributed by atoms with E-state index in [1.54, 1.807) is 26.0 Å². The topological polar surface area (TPSA) is 50.7 Å². The van der Waals surface area contributed by atoms with E-state index in [-0.39, 0.29) is 0 Å². The number of amides is 1. The average molecular weight is 241 g/mol. The largest absolute Gasteiger partial charge is 0.437 e. The van der Waals surface area contributed by atoms with Crippen molar-refractivity contribution in [3.05, 3.63) is 28.8 Å². The smallest absolute Gasteiger partial charge is 0.298 e. The Hall–Kier alpha value is -1.55. The Morgan fingerprint density at radius 3 is 2.75 bits per heavy atom. The molecule has 0 fully saturated rings. The van der Waals surface area contributed by atoms with Gasteiger partial charge >= 0.3 is 6.09 Å². The van der Waals surface area contributed by atoms with Crippen LogP contribution in [0.5, 0.6) is 0 Å². The van der Waals surface area contributed by atoms with Crippen molar-refractivity contribution >= 4 is 29.1 Å². The predicted molar refractivity (Wildman–Crippen MR) is 65.1 cm³/mol. The van der Waals surface area contributed by atoms with Gasteiger partial charge in [0, 0.05) is 10.7 Å². The monoisotopic (exact) mass is 240 g/mol. The lowest BCUT2D eigenvalue weighted by molar-refractivity contribution is 0.166. The minimum Gasteiger partial charge on any atom is -0.298 e. The van der Waals surface area contributed by atoms with Gasteiger partial charge in [-0.15, -0.1) is 0 Å². The third kappa shape index (κ3) is 3.90. The molecule has 0 saturated heterocycles. The van der Waals surface area contributed by atoms with Crippen LogP contribution in [0.4, 0.5) is 10.5 Å². The number of hydrogen-bond acceptors (Lipinski definition) is 3. The highest BCUT2D eigenvalue weighted by atomic mass is 35.5. The summed E-state index contributed by atoms with van der Waals surface area (Å²) < 4.78 is 0. The Bertz CT molecular complexity index is 426. The fourth-order valence-corrected chi connectivity index (χ4v) is 1.17. The number of anilines is 1. The summed E-state index contributed by atoms with van der Waals surface area (Å²) in [5, 5.41) is 6.65.